The van der Waals surface area contributed by atoms with Gasteiger partial charge in [-0.3, -0.25) is 0 Å². The molecule has 0 aromatic carbocycles. The van der Waals surface area contributed by atoms with Crippen LogP contribution in [0.25, 0.3) is 0 Å². The molecule has 8 heteroatoms. The molecule has 0 spiro atoms. The quantitative estimate of drug-likeness (QED) is 0.422. The number of nitrogens with zero attached hydrogens (tertiary/aromatic N) is 1. The topological polar surface area (TPSA) is 63.3 Å². The summed E-state index contributed by atoms with van der Waals surface area (Å²) in [7, 11) is 6.84. The van der Waals surface area contributed by atoms with Crippen molar-refractivity contribution in [2.75, 3.05) is 21.1 Å². The number of carboxylic acid groups (broad SMARTS) is 1. The molecule has 0 bridgehead atoms. The molecule has 4 nitrogen and oxygen atoms in total. The Balaban J connectivity index is 0. The van der Waals surface area contributed by atoms with Crippen molar-refractivity contribution in [3.8, 4) is 0 Å². The van der Waals surface area contributed by atoms with Crippen LogP contribution in [0, 0.1) is 0 Å². The van der Waals surface area contributed by atoms with Crippen LogP contribution in [0.1, 0.15) is 25.7 Å². The van der Waals surface area contributed by atoms with E-state index in [4.69, 9.17) is 15.6 Å². The van der Waals surface area contributed by atoms with E-state index < -0.39 is 12.1 Å². The molecule has 0 saturated heterocycles. The molecule has 0 atom stereocenters. The van der Waals surface area contributed by atoms with Crippen molar-refractivity contribution < 1.29 is 51.5 Å². The van der Waals surface area contributed by atoms with Gasteiger partial charge in [-0.1, -0.05) is 0 Å². The number of carboxylic acids is 1. The SMILES string of the molecule is C[N+](C)(C)C1CCC(N)CC1.O=C(O)C(F)(F)F.[I-]. The number of nitrogens with two attached hydrogens (primary N) is 1. The van der Waals surface area contributed by atoms with E-state index in [9.17, 15) is 13.2 Å². The molecule has 1 rings (SSSR count). The van der Waals surface area contributed by atoms with E-state index in [1.165, 1.54) is 25.7 Å². The van der Waals surface area contributed by atoms with Crippen molar-refractivity contribution in [1.29, 1.82) is 0 Å². The third kappa shape index (κ3) is 9.44. The van der Waals surface area contributed by atoms with Gasteiger partial charge < -0.3 is 39.3 Å². The molecule has 0 aromatic heterocycles. The highest BCUT2D eigenvalue weighted by Crippen LogP contribution is 2.23. The molecule has 1 aliphatic rings. The lowest BCUT2D eigenvalue weighted by atomic mass is 9.90. The number of carbonyl (C=O) groups is 1. The molecule has 1 fully saturated rings. The van der Waals surface area contributed by atoms with E-state index >= 15 is 0 Å². The lowest BCUT2D eigenvalue weighted by molar-refractivity contribution is -0.897. The molecular formula is C11H22F3IN2O2. The Hall–Kier alpha value is -0.0900. The summed E-state index contributed by atoms with van der Waals surface area (Å²) in [4.78, 5) is 8.90. The van der Waals surface area contributed by atoms with Crippen molar-refractivity contribution in [3.63, 3.8) is 0 Å². The van der Waals surface area contributed by atoms with Crippen molar-refractivity contribution in [1.82, 2.24) is 0 Å². The first-order valence-corrected chi connectivity index (χ1v) is 5.81. The number of aliphatic carboxylic acids is 1. The molecule has 0 aliphatic heterocycles. The molecule has 116 valence electrons. The first-order chi connectivity index (χ1) is 7.94. The number of halogens is 4. The second kappa shape index (κ2) is 8.25. The highest BCUT2D eigenvalue weighted by atomic mass is 127. The average Bonchev–Trinajstić information content (AvgIpc) is 2.16. The summed E-state index contributed by atoms with van der Waals surface area (Å²) in [6.45, 7) is 0. The fourth-order valence-electron chi connectivity index (χ4n) is 1.88. The second-order valence-electron chi connectivity index (χ2n) is 5.49. The normalized spacial score (nSPS) is 23.7. The summed E-state index contributed by atoms with van der Waals surface area (Å²) in [5.41, 5.74) is 5.83. The number of hydrogen-bond donors (Lipinski definition) is 2. The lowest BCUT2D eigenvalue weighted by Gasteiger charge is -2.38. The minimum atomic E-state index is -5.08. The van der Waals surface area contributed by atoms with E-state index in [-0.39, 0.29) is 24.0 Å². The van der Waals surface area contributed by atoms with Crippen LogP contribution in [0.5, 0.6) is 0 Å². The molecule has 3 N–H and O–H groups in total. The first-order valence-electron chi connectivity index (χ1n) is 5.81. The fourth-order valence-corrected chi connectivity index (χ4v) is 1.88. The van der Waals surface area contributed by atoms with E-state index in [1.807, 2.05) is 0 Å². The Bertz CT molecular complexity index is 272. The number of quaternary nitrogens is 1. The molecule has 1 saturated carbocycles. The molecule has 19 heavy (non-hydrogen) atoms. The molecule has 0 radical (unpaired) electrons. The zero-order valence-corrected chi connectivity index (χ0v) is 13.5. The zero-order valence-electron chi connectivity index (χ0n) is 11.4. The third-order valence-corrected chi connectivity index (χ3v) is 3.08. The van der Waals surface area contributed by atoms with Gasteiger partial charge in [0.25, 0.3) is 0 Å². The maximum absolute atomic E-state index is 10.6. The summed E-state index contributed by atoms with van der Waals surface area (Å²) < 4.78 is 32.8. The van der Waals surface area contributed by atoms with Gasteiger partial charge in [0.1, 0.15) is 0 Å². The third-order valence-electron chi connectivity index (χ3n) is 3.08. The van der Waals surface area contributed by atoms with Crippen LogP contribution in [-0.4, -0.2) is 55.0 Å². The van der Waals surface area contributed by atoms with Crippen LogP contribution in [0.2, 0.25) is 0 Å². The Morgan fingerprint density at radius 1 is 1.16 bits per heavy atom. The van der Waals surface area contributed by atoms with Gasteiger partial charge in [-0.25, -0.2) is 4.79 Å². The molecule has 0 unspecified atom stereocenters. The highest BCUT2D eigenvalue weighted by Gasteiger charge is 2.38. The van der Waals surface area contributed by atoms with E-state index in [2.05, 4.69) is 21.1 Å². The summed E-state index contributed by atoms with van der Waals surface area (Å²) in [6, 6.07) is 1.33. The van der Waals surface area contributed by atoms with Gasteiger partial charge in [-0.05, 0) is 12.8 Å². The lowest BCUT2D eigenvalue weighted by Crippen LogP contribution is -3.00. The standard InChI is InChI=1S/C9H21N2.C2HF3O2.HI/c1-11(2,3)9-6-4-8(10)5-7-9;3-2(4,5)1(6)7;/h8-9H,4-7,10H2,1-3H3;(H,6,7);1H/q+1;;/p-1. The Kier molecular flexibility index (Phi) is 9.21. The summed E-state index contributed by atoms with van der Waals surface area (Å²) in [6.07, 6.45) is -0.0181. The molecule has 0 amide bonds. The Labute approximate surface area is 128 Å². The summed E-state index contributed by atoms with van der Waals surface area (Å²) in [5, 5.41) is 7.12. The van der Waals surface area contributed by atoms with Gasteiger partial charge in [-0.2, -0.15) is 13.2 Å². The molecule has 1 aliphatic carbocycles. The summed E-state index contributed by atoms with van der Waals surface area (Å²) in [5.74, 6) is -2.76. The van der Waals surface area contributed by atoms with E-state index in [0.717, 1.165) is 10.5 Å². The van der Waals surface area contributed by atoms with Crippen LogP contribution in [-0.2, 0) is 4.79 Å². The Morgan fingerprint density at radius 2 is 1.47 bits per heavy atom. The van der Waals surface area contributed by atoms with Crippen LogP contribution in [0.15, 0.2) is 0 Å². The van der Waals surface area contributed by atoms with Crippen molar-refractivity contribution >= 4 is 5.97 Å². The van der Waals surface area contributed by atoms with Gasteiger partial charge in [0, 0.05) is 18.9 Å². The number of hydrogen-bond acceptors (Lipinski definition) is 2. The van der Waals surface area contributed by atoms with Gasteiger partial charge >= 0.3 is 12.1 Å². The van der Waals surface area contributed by atoms with Crippen LogP contribution in [0.3, 0.4) is 0 Å². The van der Waals surface area contributed by atoms with Crippen molar-refractivity contribution in [3.05, 3.63) is 0 Å². The van der Waals surface area contributed by atoms with E-state index in [1.54, 1.807) is 0 Å². The zero-order chi connectivity index (χ0) is 14.6. The van der Waals surface area contributed by atoms with Gasteiger partial charge in [-0.15, -0.1) is 0 Å². The number of alkyl halides is 3. The Morgan fingerprint density at radius 3 is 1.68 bits per heavy atom. The van der Waals surface area contributed by atoms with Crippen LogP contribution >= 0.6 is 0 Å². The van der Waals surface area contributed by atoms with Gasteiger partial charge in [0.2, 0.25) is 0 Å². The second-order valence-corrected chi connectivity index (χ2v) is 5.49. The van der Waals surface area contributed by atoms with Crippen LogP contribution < -0.4 is 29.7 Å². The van der Waals surface area contributed by atoms with Gasteiger partial charge in [0.15, 0.2) is 0 Å². The monoisotopic (exact) mass is 398 g/mol. The maximum atomic E-state index is 10.6. The maximum Gasteiger partial charge on any atom is 0.490 e. The van der Waals surface area contributed by atoms with Crippen molar-refractivity contribution in [2.45, 2.75) is 43.9 Å². The smallest absolute Gasteiger partial charge is 0.490 e. The van der Waals surface area contributed by atoms with Gasteiger partial charge in [0.05, 0.1) is 27.2 Å². The number of rotatable bonds is 1. The molecule has 0 aromatic rings. The fraction of sp³-hybridized carbons (Fsp3) is 0.909. The largest absolute Gasteiger partial charge is 1.00 e. The predicted octanol–water partition coefficient (Wildman–Crippen LogP) is -1.40. The average molecular weight is 398 g/mol. The first kappa shape index (κ1) is 21.2. The van der Waals surface area contributed by atoms with Crippen molar-refractivity contribution in [2.24, 2.45) is 5.73 Å². The van der Waals surface area contributed by atoms with Crippen LogP contribution in [0.4, 0.5) is 13.2 Å². The minimum absolute atomic E-state index is 0. The summed E-state index contributed by atoms with van der Waals surface area (Å²) >= 11 is 0. The van der Waals surface area contributed by atoms with E-state index in [0.29, 0.717) is 6.04 Å². The molecular weight excluding hydrogens is 376 g/mol. The highest BCUT2D eigenvalue weighted by molar-refractivity contribution is 5.73. The minimum Gasteiger partial charge on any atom is -1.00 e. The molecule has 0 heterocycles. The predicted molar refractivity (Wildman–Crippen MR) is 62.0 cm³/mol.